The summed E-state index contributed by atoms with van der Waals surface area (Å²) < 4.78 is 0. The monoisotopic (exact) mass is 283 g/mol. The molecular weight excluding hydrogens is 262 g/mol. The summed E-state index contributed by atoms with van der Waals surface area (Å²) in [6, 6.07) is 13.7. The van der Waals surface area contributed by atoms with Crippen LogP contribution in [0.3, 0.4) is 0 Å². The molecule has 0 saturated heterocycles. The summed E-state index contributed by atoms with van der Waals surface area (Å²) in [5.41, 5.74) is 1.72. The van der Waals surface area contributed by atoms with Gasteiger partial charge in [0.25, 0.3) is 5.91 Å². The molecule has 0 bridgehead atoms. The normalized spacial score (nSPS) is 11.8. The first-order valence-corrected chi connectivity index (χ1v) is 6.96. The average molecular weight is 283 g/mol. The molecule has 0 aliphatic heterocycles. The van der Waals surface area contributed by atoms with Crippen molar-refractivity contribution < 1.29 is 4.79 Å². The lowest BCUT2D eigenvalue weighted by atomic mass is 10.1. The molecule has 1 atom stereocenters. The highest BCUT2D eigenvalue weighted by Gasteiger charge is 2.19. The van der Waals surface area contributed by atoms with Crippen molar-refractivity contribution in [1.29, 1.82) is 0 Å². The number of nitrogens with zero attached hydrogens (tertiary/aromatic N) is 3. The SMILES string of the molecule is C[C@@H](c1ccccc1)N(C)C(=O)c1ccc(N(C)C)nc1. The molecule has 1 aromatic carbocycles. The number of amides is 1. The molecule has 1 amide bonds. The molecule has 0 N–H and O–H groups in total. The van der Waals surface area contributed by atoms with Gasteiger partial charge in [0, 0.05) is 27.3 Å². The first kappa shape index (κ1) is 15.0. The van der Waals surface area contributed by atoms with Gasteiger partial charge >= 0.3 is 0 Å². The summed E-state index contributed by atoms with van der Waals surface area (Å²) in [6.45, 7) is 2.02. The van der Waals surface area contributed by atoms with Crippen LogP contribution in [0.5, 0.6) is 0 Å². The van der Waals surface area contributed by atoms with Crippen molar-refractivity contribution in [1.82, 2.24) is 9.88 Å². The summed E-state index contributed by atoms with van der Waals surface area (Å²) in [4.78, 5) is 20.5. The highest BCUT2D eigenvalue weighted by molar-refractivity contribution is 5.94. The molecule has 1 aromatic heterocycles. The molecule has 0 radical (unpaired) electrons. The fourth-order valence-electron chi connectivity index (χ4n) is 2.11. The fourth-order valence-corrected chi connectivity index (χ4v) is 2.11. The number of carbonyl (C=O) groups excluding carboxylic acids is 1. The van der Waals surface area contributed by atoms with Crippen molar-refractivity contribution in [3.63, 3.8) is 0 Å². The van der Waals surface area contributed by atoms with Crippen LogP contribution in [0, 0.1) is 0 Å². The zero-order valence-electron chi connectivity index (χ0n) is 12.9. The molecule has 0 fully saturated rings. The molecule has 0 saturated carbocycles. The van der Waals surface area contributed by atoms with Crippen LogP contribution < -0.4 is 4.90 Å². The van der Waals surface area contributed by atoms with Gasteiger partial charge in [0.2, 0.25) is 0 Å². The standard InChI is InChI=1S/C17H21N3O/c1-13(14-8-6-5-7-9-14)20(4)17(21)15-10-11-16(18-12-15)19(2)3/h5-13H,1-4H3/t13-/m0/s1. The van der Waals surface area contributed by atoms with Gasteiger partial charge in [-0.3, -0.25) is 4.79 Å². The molecule has 4 nitrogen and oxygen atoms in total. The predicted octanol–water partition coefficient (Wildman–Crippen LogP) is 2.98. The first-order chi connectivity index (χ1) is 10.0. The topological polar surface area (TPSA) is 36.4 Å². The Kier molecular flexibility index (Phi) is 4.58. The zero-order valence-corrected chi connectivity index (χ0v) is 12.9. The van der Waals surface area contributed by atoms with Gasteiger partial charge in [0.15, 0.2) is 0 Å². The molecule has 2 rings (SSSR count). The molecule has 2 aromatic rings. The van der Waals surface area contributed by atoms with Crippen molar-refractivity contribution in [3.05, 3.63) is 59.8 Å². The fraction of sp³-hybridized carbons (Fsp3) is 0.294. The Hall–Kier alpha value is -2.36. The second-order valence-corrected chi connectivity index (χ2v) is 5.30. The predicted molar refractivity (Wildman–Crippen MR) is 85.5 cm³/mol. The number of benzene rings is 1. The molecule has 0 spiro atoms. The number of aromatic nitrogens is 1. The van der Waals surface area contributed by atoms with Crippen molar-refractivity contribution in [2.45, 2.75) is 13.0 Å². The molecule has 21 heavy (non-hydrogen) atoms. The van der Waals surface area contributed by atoms with E-state index in [1.165, 1.54) is 0 Å². The average Bonchev–Trinajstić information content (AvgIpc) is 2.53. The summed E-state index contributed by atoms with van der Waals surface area (Å²) in [7, 11) is 5.67. The van der Waals surface area contributed by atoms with Crippen LogP contribution >= 0.6 is 0 Å². The molecule has 4 heteroatoms. The number of rotatable bonds is 4. The summed E-state index contributed by atoms with van der Waals surface area (Å²) >= 11 is 0. The van der Waals surface area contributed by atoms with E-state index in [0.717, 1.165) is 11.4 Å². The maximum Gasteiger partial charge on any atom is 0.255 e. The molecule has 110 valence electrons. The molecule has 0 unspecified atom stereocenters. The first-order valence-electron chi connectivity index (χ1n) is 6.96. The van der Waals surface area contributed by atoms with E-state index >= 15 is 0 Å². The third kappa shape index (κ3) is 3.40. The van der Waals surface area contributed by atoms with Gasteiger partial charge in [0.05, 0.1) is 11.6 Å². The van der Waals surface area contributed by atoms with E-state index in [-0.39, 0.29) is 11.9 Å². The smallest absolute Gasteiger partial charge is 0.255 e. The number of hydrogen-bond donors (Lipinski definition) is 0. The number of carbonyl (C=O) groups is 1. The zero-order chi connectivity index (χ0) is 15.4. The van der Waals surface area contributed by atoms with E-state index in [2.05, 4.69) is 4.98 Å². The van der Waals surface area contributed by atoms with E-state index in [9.17, 15) is 4.79 Å². The van der Waals surface area contributed by atoms with Gasteiger partial charge in [-0.2, -0.15) is 0 Å². The van der Waals surface area contributed by atoms with Gasteiger partial charge in [-0.05, 0) is 24.6 Å². The number of anilines is 1. The Bertz CT molecular complexity index is 593. The third-order valence-corrected chi connectivity index (χ3v) is 3.64. The Labute approximate surface area is 126 Å². The third-order valence-electron chi connectivity index (χ3n) is 3.64. The quantitative estimate of drug-likeness (QED) is 0.865. The van der Waals surface area contributed by atoms with E-state index in [1.54, 1.807) is 11.1 Å². The van der Waals surface area contributed by atoms with Crippen molar-refractivity contribution >= 4 is 11.7 Å². The van der Waals surface area contributed by atoms with Crippen molar-refractivity contribution in [2.75, 3.05) is 26.0 Å². The van der Waals surface area contributed by atoms with Gasteiger partial charge in [-0.25, -0.2) is 4.98 Å². The van der Waals surface area contributed by atoms with Crippen LogP contribution in [0.1, 0.15) is 28.9 Å². The van der Waals surface area contributed by atoms with Crippen LogP contribution in [0.15, 0.2) is 48.7 Å². The van der Waals surface area contributed by atoms with Crippen molar-refractivity contribution in [2.24, 2.45) is 0 Å². The summed E-state index contributed by atoms with van der Waals surface area (Å²) in [5, 5.41) is 0. The van der Waals surface area contributed by atoms with Crippen LogP contribution in [-0.4, -0.2) is 36.9 Å². The van der Waals surface area contributed by atoms with E-state index in [0.29, 0.717) is 5.56 Å². The lowest BCUT2D eigenvalue weighted by Gasteiger charge is -2.25. The lowest BCUT2D eigenvalue weighted by molar-refractivity contribution is 0.0742. The highest BCUT2D eigenvalue weighted by Crippen LogP contribution is 2.20. The summed E-state index contributed by atoms with van der Waals surface area (Å²) in [5.74, 6) is 0.814. The molecule has 0 aliphatic carbocycles. The molecule has 0 aliphatic rings. The number of hydrogen-bond acceptors (Lipinski definition) is 3. The lowest BCUT2D eigenvalue weighted by Crippen LogP contribution is -2.29. The molecular formula is C17H21N3O. The Morgan fingerprint density at radius 1 is 1.05 bits per heavy atom. The number of pyridine rings is 1. The van der Waals surface area contributed by atoms with E-state index in [4.69, 9.17) is 0 Å². The Morgan fingerprint density at radius 3 is 2.24 bits per heavy atom. The highest BCUT2D eigenvalue weighted by atomic mass is 16.2. The Morgan fingerprint density at radius 2 is 1.71 bits per heavy atom. The molecule has 1 heterocycles. The van der Waals surface area contributed by atoms with Gasteiger partial charge in [-0.15, -0.1) is 0 Å². The minimum atomic E-state index is -0.0239. The Balaban J connectivity index is 2.15. The van der Waals surface area contributed by atoms with Crippen LogP contribution in [-0.2, 0) is 0 Å². The van der Waals surface area contributed by atoms with Crippen molar-refractivity contribution in [3.8, 4) is 0 Å². The maximum absolute atomic E-state index is 12.5. The van der Waals surface area contributed by atoms with E-state index < -0.39 is 0 Å². The second kappa shape index (κ2) is 6.39. The minimum absolute atomic E-state index is 0.0206. The minimum Gasteiger partial charge on any atom is -0.363 e. The second-order valence-electron chi connectivity index (χ2n) is 5.30. The van der Waals surface area contributed by atoms with Crippen LogP contribution in [0.4, 0.5) is 5.82 Å². The summed E-state index contributed by atoms with van der Waals surface area (Å²) in [6.07, 6.45) is 1.63. The maximum atomic E-state index is 12.5. The van der Waals surface area contributed by atoms with Crippen LogP contribution in [0.25, 0.3) is 0 Å². The van der Waals surface area contributed by atoms with Gasteiger partial charge < -0.3 is 9.80 Å². The largest absolute Gasteiger partial charge is 0.363 e. The van der Waals surface area contributed by atoms with Crippen LogP contribution in [0.2, 0.25) is 0 Å². The van der Waals surface area contributed by atoms with Gasteiger partial charge in [0.1, 0.15) is 5.82 Å². The van der Waals surface area contributed by atoms with E-state index in [1.807, 2.05) is 75.4 Å². The van der Waals surface area contributed by atoms with Gasteiger partial charge in [-0.1, -0.05) is 30.3 Å².